The van der Waals surface area contributed by atoms with Crippen LogP contribution in [0.1, 0.15) is 22.5 Å². The largest absolute Gasteiger partial charge is 0.396 e. The maximum absolute atomic E-state index is 11.2. The van der Waals surface area contributed by atoms with Crippen molar-refractivity contribution in [1.29, 1.82) is 0 Å². The van der Waals surface area contributed by atoms with E-state index < -0.39 is 12.2 Å². The summed E-state index contributed by atoms with van der Waals surface area (Å²) in [5.41, 5.74) is 6.92. The minimum absolute atomic E-state index is 0.0192. The zero-order valence-electron chi connectivity index (χ0n) is 11.9. The Bertz CT molecular complexity index is 675. The van der Waals surface area contributed by atoms with Gasteiger partial charge < -0.3 is 20.3 Å². The van der Waals surface area contributed by atoms with Crippen molar-refractivity contribution >= 4 is 17.2 Å². The lowest BCUT2D eigenvalue weighted by Gasteiger charge is -2.28. The van der Waals surface area contributed by atoms with Crippen molar-refractivity contribution in [3.05, 3.63) is 23.0 Å². The molecular formula is C13H16N4O4S. The number of aliphatic hydroxyl groups is 1. The molecule has 9 heteroatoms. The van der Waals surface area contributed by atoms with E-state index in [4.69, 9.17) is 20.3 Å². The number of carbonyl (C=O) groups is 1. The number of carbonyl (C=O) groups excluding carboxylic acids is 1. The molecule has 0 aromatic carbocycles. The first-order chi connectivity index (χ1) is 10.6. The Labute approximate surface area is 130 Å². The number of ether oxygens (including phenoxy) is 2. The van der Waals surface area contributed by atoms with Crippen LogP contribution >= 0.6 is 11.3 Å². The summed E-state index contributed by atoms with van der Waals surface area (Å²) in [7, 11) is 1.78. The maximum atomic E-state index is 11.2. The third-order valence-electron chi connectivity index (χ3n) is 3.42. The topological polar surface area (TPSA) is 112 Å². The molecule has 3 rings (SSSR count). The minimum Gasteiger partial charge on any atom is -0.396 e. The molecule has 0 spiro atoms. The number of hydrogen-bond acceptors (Lipinski definition) is 7. The van der Waals surface area contributed by atoms with Gasteiger partial charge in [0.05, 0.1) is 31.6 Å². The first kappa shape index (κ1) is 15.1. The van der Waals surface area contributed by atoms with E-state index in [0.717, 1.165) is 11.3 Å². The Morgan fingerprint density at radius 2 is 2.27 bits per heavy atom. The smallest absolute Gasteiger partial charge is 0.268 e. The second-order valence-electron chi connectivity index (χ2n) is 5.02. The Hall–Kier alpha value is -1.81. The predicted octanol–water partition coefficient (Wildman–Crippen LogP) is 0.296. The van der Waals surface area contributed by atoms with Gasteiger partial charge in [-0.15, -0.1) is 11.3 Å². The van der Waals surface area contributed by atoms with Gasteiger partial charge in [-0.2, -0.15) is 5.10 Å². The summed E-state index contributed by atoms with van der Waals surface area (Å²) >= 11 is 1.31. The van der Waals surface area contributed by atoms with Crippen molar-refractivity contribution in [3.63, 3.8) is 0 Å². The molecule has 118 valence electrons. The van der Waals surface area contributed by atoms with Crippen LogP contribution in [-0.4, -0.2) is 45.6 Å². The second-order valence-corrected chi connectivity index (χ2v) is 5.87. The lowest BCUT2D eigenvalue weighted by atomic mass is 10.1. The van der Waals surface area contributed by atoms with Crippen LogP contribution in [-0.2, 0) is 16.5 Å². The van der Waals surface area contributed by atoms with Crippen molar-refractivity contribution in [1.82, 2.24) is 14.8 Å². The van der Waals surface area contributed by atoms with E-state index in [0.29, 0.717) is 18.2 Å². The highest BCUT2D eigenvalue weighted by Gasteiger charge is 2.29. The number of hydrogen-bond donors (Lipinski definition) is 2. The van der Waals surface area contributed by atoms with Crippen molar-refractivity contribution in [2.75, 3.05) is 19.8 Å². The molecule has 0 radical (unpaired) electrons. The molecule has 2 aromatic rings. The molecule has 1 fully saturated rings. The highest BCUT2D eigenvalue weighted by atomic mass is 32.1. The molecule has 0 atom stereocenters. The average Bonchev–Trinajstić information content (AvgIpc) is 3.14. The number of primary amides is 1. The Morgan fingerprint density at radius 1 is 1.55 bits per heavy atom. The van der Waals surface area contributed by atoms with E-state index in [1.165, 1.54) is 11.3 Å². The summed E-state index contributed by atoms with van der Waals surface area (Å²) in [4.78, 5) is 15.4. The molecule has 3 N–H and O–H groups in total. The van der Waals surface area contributed by atoms with Crippen molar-refractivity contribution < 1.29 is 19.4 Å². The molecule has 0 unspecified atom stereocenters. The van der Waals surface area contributed by atoms with Gasteiger partial charge in [-0.3, -0.25) is 9.48 Å². The van der Waals surface area contributed by atoms with Crippen molar-refractivity contribution in [2.24, 2.45) is 18.7 Å². The van der Waals surface area contributed by atoms with E-state index in [1.54, 1.807) is 23.3 Å². The highest BCUT2D eigenvalue weighted by Crippen LogP contribution is 2.34. The molecule has 1 aliphatic heterocycles. The minimum atomic E-state index is -0.578. The molecule has 1 saturated heterocycles. The number of amides is 1. The third kappa shape index (κ3) is 2.75. The molecule has 0 aliphatic carbocycles. The lowest BCUT2D eigenvalue weighted by Crippen LogP contribution is -2.30. The van der Waals surface area contributed by atoms with Gasteiger partial charge in [-0.05, 0) is 0 Å². The molecule has 2 aromatic heterocycles. The summed E-state index contributed by atoms with van der Waals surface area (Å²) in [5.74, 6) is -0.585. The summed E-state index contributed by atoms with van der Waals surface area (Å²) in [6, 6.07) is 0. The fourth-order valence-corrected chi connectivity index (χ4v) is 3.04. The fraction of sp³-hybridized carbons (Fsp3) is 0.462. The van der Waals surface area contributed by atoms with Gasteiger partial charge in [-0.25, -0.2) is 4.98 Å². The molecule has 0 bridgehead atoms. The van der Waals surface area contributed by atoms with Crippen LogP contribution in [0.5, 0.6) is 0 Å². The molecular weight excluding hydrogens is 308 g/mol. The Balaban J connectivity index is 1.89. The average molecular weight is 324 g/mol. The molecule has 8 nitrogen and oxygen atoms in total. The number of aromatic nitrogens is 3. The molecule has 3 heterocycles. The zero-order chi connectivity index (χ0) is 15.7. The summed E-state index contributed by atoms with van der Waals surface area (Å²) in [6.45, 7) is 0.853. The molecule has 1 aliphatic rings. The number of aryl methyl sites for hydroxylation is 1. The van der Waals surface area contributed by atoms with Crippen LogP contribution in [0.25, 0.3) is 10.6 Å². The van der Waals surface area contributed by atoms with E-state index in [-0.39, 0.29) is 18.2 Å². The van der Waals surface area contributed by atoms with Gasteiger partial charge >= 0.3 is 0 Å². The van der Waals surface area contributed by atoms with Gasteiger partial charge in [0.2, 0.25) is 6.29 Å². The monoisotopic (exact) mass is 324 g/mol. The van der Waals surface area contributed by atoms with Crippen LogP contribution in [0.4, 0.5) is 0 Å². The fourth-order valence-electron chi connectivity index (χ4n) is 2.21. The summed E-state index contributed by atoms with van der Waals surface area (Å²) in [6.07, 6.45) is 1.08. The standard InChI is InChI=1S/C13H16N4O4S/c1-17-10(13-20-4-7(3-18)5-21-13)8(2-15-17)12-16-9(6-22-12)11(14)19/h2,6-7,13,18H,3-5H2,1H3,(H2,14,19). The third-order valence-corrected chi connectivity index (χ3v) is 4.30. The quantitative estimate of drug-likeness (QED) is 0.836. The van der Waals surface area contributed by atoms with E-state index in [1.807, 2.05) is 0 Å². The number of nitrogens with two attached hydrogens (primary N) is 1. The van der Waals surface area contributed by atoms with Crippen molar-refractivity contribution in [2.45, 2.75) is 6.29 Å². The van der Waals surface area contributed by atoms with Gasteiger partial charge in [0.1, 0.15) is 16.4 Å². The normalized spacial score (nSPS) is 21.9. The Morgan fingerprint density at radius 3 is 2.86 bits per heavy atom. The zero-order valence-corrected chi connectivity index (χ0v) is 12.7. The van der Waals surface area contributed by atoms with E-state index in [9.17, 15) is 4.79 Å². The Kier molecular flexibility index (Phi) is 4.21. The van der Waals surface area contributed by atoms with Crippen LogP contribution in [0, 0.1) is 5.92 Å². The molecule has 22 heavy (non-hydrogen) atoms. The maximum Gasteiger partial charge on any atom is 0.268 e. The van der Waals surface area contributed by atoms with Crippen LogP contribution in [0.15, 0.2) is 11.6 Å². The van der Waals surface area contributed by atoms with Gasteiger partial charge in [0.25, 0.3) is 5.91 Å². The summed E-state index contributed by atoms with van der Waals surface area (Å²) < 4.78 is 13.0. The number of rotatable bonds is 4. The van der Waals surface area contributed by atoms with Crippen LogP contribution in [0.2, 0.25) is 0 Å². The van der Waals surface area contributed by atoms with Gasteiger partial charge in [0, 0.05) is 18.3 Å². The molecule has 1 amide bonds. The van der Waals surface area contributed by atoms with Crippen molar-refractivity contribution in [3.8, 4) is 10.6 Å². The number of thiazole rings is 1. The van der Waals surface area contributed by atoms with Crippen LogP contribution < -0.4 is 5.73 Å². The number of aliphatic hydroxyl groups excluding tert-OH is 1. The van der Waals surface area contributed by atoms with Gasteiger partial charge in [-0.1, -0.05) is 0 Å². The van der Waals surface area contributed by atoms with Gasteiger partial charge in [0.15, 0.2) is 0 Å². The SMILES string of the molecule is Cn1ncc(-c2nc(C(N)=O)cs2)c1C1OCC(CO)CO1. The summed E-state index contributed by atoms with van der Waals surface area (Å²) in [5, 5.41) is 15.6. The van der Waals surface area contributed by atoms with E-state index in [2.05, 4.69) is 10.1 Å². The predicted molar refractivity (Wildman–Crippen MR) is 78.1 cm³/mol. The number of nitrogens with zero attached hydrogens (tertiary/aromatic N) is 3. The van der Waals surface area contributed by atoms with Crippen LogP contribution in [0.3, 0.4) is 0 Å². The van der Waals surface area contributed by atoms with E-state index >= 15 is 0 Å². The molecule has 0 saturated carbocycles. The first-order valence-electron chi connectivity index (χ1n) is 6.71. The highest BCUT2D eigenvalue weighted by molar-refractivity contribution is 7.13. The second kappa shape index (κ2) is 6.13. The first-order valence-corrected chi connectivity index (χ1v) is 7.59. The lowest BCUT2D eigenvalue weighted by molar-refractivity contribution is -0.212.